The summed E-state index contributed by atoms with van der Waals surface area (Å²) in [5, 5.41) is 14.1. The van der Waals surface area contributed by atoms with Crippen LogP contribution in [0, 0.1) is 17.0 Å². The van der Waals surface area contributed by atoms with Crippen LogP contribution in [0.5, 0.6) is 0 Å². The zero-order valence-corrected chi connectivity index (χ0v) is 11.7. The lowest BCUT2D eigenvalue weighted by Crippen LogP contribution is -2.07. The van der Waals surface area contributed by atoms with Crippen LogP contribution in [0.2, 0.25) is 0 Å². The minimum Gasteiger partial charge on any atom is -0.379 e. The summed E-state index contributed by atoms with van der Waals surface area (Å²) in [6.07, 6.45) is 4.66. The second-order valence-electron chi connectivity index (χ2n) is 4.69. The molecule has 1 heterocycles. The highest BCUT2D eigenvalue weighted by atomic mass is 16.6. The predicted octanol–water partition coefficient (Wildman–Crippen LogP) is 3.12. The molecule has 0 atom stereocenters. The van der Waals surface area contributed by atoms with E-state index < -0.39 is 0 Å². The van der Waals surface area contributed by atoms with Crippen molar-refractivity contribution in [3.05, 3.63) is 52.1 Å². The number of nitrogens with one attached hydrogen (secondary N) is 1. The molecule has 106 valence electrons. The number of nitrogens with zero attached hydrogens (tertiary/aromatic N) is 3. The number of imidazole rings is 1. The van der Waals surface area contributed by atoms with Crippen LogP contribution in [0.15, 0.2) is 30.7 Å². The number of anilines is 1. The van der Waals surface area contributed by atoms with Gasteiger partial charge in [0, 0.05) is 30.1 Å². The number of rotatable bonds is 6. The van der Waals surface area contributed by atoms with Crippen LogP contribution in [0.1, 0.15) is 24.6 Å². The number of benzene rings is 1. The van der Waals surface area contributed by atoms with E-state index in [1.165, 1.54) is 0 Å². The molecule has 0 saturated heterocycles. The average Bonchev–Trinajstić information content (AvgIpc) is 2.85. The van der Waals surface area contributed by atoms with E-state index in [1.807, 2.05) is 12.3 Å². The van der Waals surface area contributed by atoms with E-state index in [2.05, 4.69) is 21.8 Å². The zero-order valence-electron chi connectivity index (χ0n) is 11.7. The quantitative estimate of drug-likeness (QED) is 0.648. The van der Waals surface area contributed by atoms with Gasteiger partial charge in [0.1, 0.15) is 0 Å². The van der Waals surface area contributed by atoms with E-state index in [9.17, 15) is 10.1 Å². The van der Waals surface area contributed by atoms with E-state index >= 15 is 0 Å². The highest BCUT2D eigenvalue weighted by Gasteiger charge is 2.11. The van der Waals surface area contributed by atoms with Gasteiger partial charge >= 0.3 is 0 Å². The normalized spacial score (nSPS) is 10.5. The van der Waals surface area contributed by atoms with Crippen molar-refractivity contribution in [2.45, 2.75) is 33.4 Å². The minimum atomic E-state index is -0.359. The molecule has 1 aromatic heterocycles. The molecule has 6 nitrogen and oxygen atoms in total. The SMILES string of the molecule is CCCn1cncc1CNc1ccc(C)c([N+](=O)[O-])c1. The van der Waals surface area contributed by atoms with Crippen molar-refractivity contribution in [1.29, 1.82) is 0 Å². The first-order valence-electron chi connectivity index (χ1n) is 6.59. The Balaban J connectivity index is 2.09. The van der Waals surface area contributed by atoms with Gasteiger partial charge in [0.2, 0.25) is 0 Å². The summed E-state index contributed by atoms with van der Waals surface area (Å²) >= 11 is 0. The number of nitro benzene ring substituents is 1. The van der Waals surface area contributed by atoms with Crippen molar-refractivity contribution in [3.8, 4) is 0 Å². The average molecular weight is 274 g/mol. The number of hydrogen-bond donors (Lipinski definition) is 1. The molecule has 2 aromatic rings. The third-order valence-corrected chi connectivity index (χ3v) is 3.14. The molecule has 6 heteroatoms. The minimum absolute atomic E-state index is 0.136. The molecule has 1 N–H and O–H groups in total. The summed E-state index contributed by atoms with van der Waals surface area (Å²) in [6, 6.07) is 5.17. The van der Waals surface area contributed by atoms with E-state index in [0.717, 1.165) is 24.3 Å². The summed E-state index contributed by atoms with van der Waals surface area (Å²) in [5.41, 5.74) is 2.61. The maximum Gasteiger partial charge on any atom is 0.274 e. The summed E-state index contributed by atoms with van der Waals surface area (Å²) in [7, 11) is 0. The number of nitro groups is 1. The maximum absolute atomic E-state index is 10.9. The maximum atomic E-state index is 10.9. The highest BCUT2D eigenvalue weighted by Crippen LogP contribution is 2.22. The lowest BCUT2D eigenvalue weighted by Gasteiger charge is -2.09. The number of hydrogen-bond acceptors (Lipinski definition) is 4. The smallest absolute Gasteiger partial charge is 0.274 e. The molecule has 0 aliphatic heterocycles. The van der Waals surface area contributed by atoms with Gasteiger partial charge in [0.25, 0.3) is 5.69 Å². The molecule has 0 fully saturated rings. The molecule has 0 bridgehead atoms. The van der Waals surface area contributed by atoms with Crippen LogP contribution in [0.4, 0.5) is 11.4 Å². The predicted molar refractivity (Wildman–Crippen MR) is 77.7 cm³/mol. The Kier molecular flexibility index (Phi) is 4.34. The van der Waals surface area contributed by atoms with Gasteiger partial charge in [-0.25, -0.2) is 4.98 Å². The second-order valence-corrected chi connectivity index (χ2v) is 4.69. The molecule has 0 radical (unpaired) electrons. The molecule has 0 unspecified atom stereocenters. The van der Waals surface area contributed by atoms with Crippen molar-refractivity contribution in [3.63, 3.8) is 0 Å². The van der Waals surface area contributed by atoms with Crippen molar-refractivity contribution in [2.24, 2.45) is 0 Å². The van der Waals surface area contributed by atoms with Gasteiger partial charge in [-0.1, -0.05) is 13.0 Å². The van der Waals surface area contributed by atoms with Crippen molar-refractivity contribution < 1.29 is 4.92 Å². The number of aryl methyl sites for hydroxylation is 2. The Bertz CT molecular complexity index is 607. The van der Waals surface area contributed by atoms with Gasteiger partial charge in [-0.15, -0.1) is 0 Å². The van der Waals surface area contributed by atoms with Gasteiger partial charge in [0.05, 0.1) is 23.5 Å². The third-order valence-electron chi connectivity index (χ3n) is 3.14. The second kappa shape index (κ2) is 6.18. The largest absolute Gasteiger partial charge is 0.379 e. The summed E-state index contributed by atoms with van der Waals surface area (Å²) in [6.45, 7) is 5.37. The highest BCUT2D eigenvalue weighted by molar-refractivity contribution is 5.54. The van der Waals surface area contributed by atoms with Gasteiger partial charge < -0.3 is 9.88 Å². The molecule has 0 spiro atoms. The van der Waals surface area contributed by atoms with E-state index in [1.54, 1.807) is 25.4 Å². The van der Waals surface area contributed by atoms with Crippen LogP contribution in [0.3, 0.4) is 0 Å². The van der Waals surface area contributed by atoms with Crippen molar-refractivity contribution in [1.82, 2.24) is 9.55 Å². The summed E-state index contributed by atoms with van der Waals surface area (Å²) < 4.78 is 2.08. The standard InChI is InChI=1S/C14H18N4O2/c1-3-6-17-10-15-8-13(17)9-16-12-5-4-11(2)14(7-12)18(19)20/h4-5,7-8,10,16H,3,6,9H2,1-2H3. The Morgan fingerprint density at radius 3 is 2.95 bits per heavy atom. The first kappa shape index (κ1) is 14.0. The topological polar surface area (TPSA) is 73.0 Å². The van der Waals surface area contributed by atoms with Crippen LogP contribution >= 0.6 is 0 Å². The lowest BCUT2D eigenvalue weighted by molar-refractivity contribution is -0.385. The molecule has 0 saturated carbocycles. The summed E-state index contributed by atoms with van der Waals surface area (Å²) in [5.74, 6) is 0. The fourth-order valence-electron chi connectivity index (χ4n) is 2.05. The van der Waals surface area contributed by atoms with E-state index in [4.69, 9.17) is 0 Å². The van der Waals surface area contributed by atoms with Crippen molar-refractivity contribution >= 4 is 11.4 Å². The van der Waals surface area contributed by atoms with Gasteiger partial charge in [-0.05, 0) is 19.4 Å². The molecular weight excluding hydrogens is 256 g/mol. The monoisotopic (exact) mass is 274 g/mol. The summed E-state index contributed by atoms with van der Waals surface area (Å²) in [4.78, 5) is 14.7. The fraction of sp³-hybridized carbons (Fsp3) is 0.357. The Hall–Kier alpha value is -2.37. The molecule has 20 heavy (non-hydrogen) atoms. The molecule has 1 aromatic carbocycles. The molecule has 0 amide bonds. The Labute approximate surface area is 117 Å². The zero-order chi connectivity index (χ0) is 14.5. The fourth-order valence-corrected chi connectivity index (χ4v) is 2.05. The Morgan fingerprint density at radius 2 is 2.25 bits per heavy atom. The van der Waals surface area contributed by atoms with Gasteiger partial charge in [0.15, 0.2) is 0 Å². The van der Waals surface area contributed by atoms with Gasteiger partial charge in [-0.3, -0.25) is 10.1 Å². The van der Waals surface area contributed by atoms with Gasteiger partial charge in [-0.2, -0.15) is 0 Å². The van der Waals surface area contributed by atoms with Crippen LogP contribution in [-0.4, -0.2) is 14.5 Å². The van der Waals surface area contributed by atoms with Crippen LogP contribution in [-0.2, 0) is 13.1 Å². The van der Waals surface area contributed by atoms with E-state index in [0.29, 0.717) is 12.1 Å². The lowest BCUT2D eigenvalue weighted by atomic mass is 10.2. The third kappa shape index (κ3) is 3.14. The Morgan fingerprint density at radius 1 is 1.45 bits per heavy atom. The molecule has 2 rings (SSSR count). The molecular formula is C14H18N4O2. The van der Waals surface area contributed by atoms with Crippen LogP contribution < -0.4 is 5.32 Å². The first-order valence-corrected chi connectivity index (χ1v) is 6.59. The van der Waals surface area contributed by atoms with Crippen molar-refractivity contribution in [2.75, 3.05) is 5.32 Å². The van der Waals surface area contributed by atoms with E-state index in [-0.39, 0.29) is 10.6 Å². The molecule has 0 aliphatic rings. The van der Waals surface area contributed by atoms with Crippen LogP contribution in [0.25, 0.3) is 0 Å². The number of aromatic nitrogens is 2. The molecule has 0 aliphatic carbocycles. The first-order chi connectivity index (χ1) is 9.61.